The molecule has 0 saturated carbocycles. The van der Waals surface area contributed by atoms with E-state index in [2.05, 4.69) is 4.98 Å². The van der Waals surface area contributed by atoms with Gasteiger partial charge in [-0.1, -0.05) is 35.3 Å². The Bertz CT molecular complexity index is 941. The third kappa shape index (κ3) is 4.33. The summed E-state index contributed by atoms with van der Waals surface area (Å²) in [7, 11) is 1.64. The lowest BCUT2D eigenvalue weighted by molar-refractivity contribution is -0.133. The van der Waals surface area contributed by atoms with Crippen molar-refractivity contribution in [1.29, 1.82) is 0 Å². The average molecular weight is 409 g/mol. The molecule has 3 aromatic rings. The molecule has 5 nitrogen and oxygen atoms in total. The Morgan fingerprint density at radius 2 is 1.96 bits per heavy atom. The maximum absolute atomic E-state index is 12.2. The van der Waals surface area contributed by atoms with Gasteiger partial charge in [-0.2, -0.15) is 0 Å². The zero-order chi connectivity index (χ0) is 18.7. The summed E-state index contributed by atoms with van der Waals surface area (Å²) in [5.74, 6) is -1.00. The highest BCUT2D eigenvalue weighted by Crippen LogP contribution is 2.23. The third-order valence-electron chi connectivity index (χ3n) is 3.61. The van der Waals surface area contributed by atoms with Crippen LogP contribution in [0.2, 0.25) is 10.0 Å². The van der Waals surface area contributed by atoms with Crippen LogP contribution >= 0.6 is 34.5 Å². The molecule has 0 aliphatic heterocycles. The number of hydrogen-bond acceptors (Lipinski definition) is 5. The summed E-state index contributed by atoms with van der Waals surface area (Å²) >= 11 is 13.3. The van der Waals surface area contributed by atoms with E-state index in [1.807, 2.05) is 24.3 Å². The number of benzene rings is 2. The highest BCUT2D eigenvalue weighted by atomic mass is 35.5. The zero-order valence-electron chi connectivity index (χ0n) is 13.7. The van der Waals surface area contributed by atoms with Crippen LogP contribution in [0.3, 0.4) is 0 Å². The number of carbonyl (C=O) groups excluding carboxylic acids is 2. The number of likely N-dealkylation sites (N-methyl/N-ethyl adjacent to an activating group) is 1. The molecule has 8 heteroatoms. The van der Waals surface area contributed by atoms with Crippen LogP contribution in [0.25, 0.3) is 10.2 Å². The molecule has 3 rings (SSSR count). The Kier molecular flexibility index (Phi) is 5.76. The number of amides is 1. The molecular weight excluding hydrogens is 395 g/mol. The molecule has 0 aliphatic carbocycles. The van der Waals surface area contributed by atoms with E-state index in [9.17, 15) is 9.59 Å². The lowest BCUT2D eigenvalue weighted by Gasteiger charge is -2.15. The fourth-order valence-electron chi connectivity index (χ4n) is 2.25. The number of halogens is 2. The summed E-state index contributed by atoms with van der Waals surface area (Å²) in [6, 6.07) is 12.2. The average Bonchev–Trinajstić information content (AvgIpc) is 3.01. The Hall–Kier alpha value is -2.15. The molecule has 0 saturated heterocycles. The van der Waals surface area contributed by atoms with Gasteiger partial charge in [-0.3, -0.25) is 4.79 Å². The van der Waals surface area contributed by atoms with Gasteiger partial charge in [0.15, 0.2) is 6.61 Å². The van der Waals surface area contributed by atoms with Crippen molar-refractivity contribution in [3.05, 3.63) is 63.1 Å². The molecule has 0 atom stereocenters. The van der Waals surface area contributed by atoms with Gasteiger partial charge in [0.05, 0.1) is 27.3 Å². The highest BCUT2D eigenvalue weighted by Gasteiger charge is 2.17. The fraction of sp³-hybridized carbons (Fsp3) is 0.167. The van der Waals surface area contributed by atoms with E-state index in [-0.39, 0.29) is 23.1 Å². The number of nitrogens with zero attached hydrogens (tertiary/aromatic N) is 2. The van der Waals surface area contributed by atoms with Gasteiger partial charge in [-0.25, -0.2) is 9.78 Å². The highest BCUT2D eigenvalue weighted by molar-refractivity contribution is 7.18. The van der Waals surface area contributed by atoms with Gasteiger partial charge in [-0.15, -0.1) is 11.3 Å². The second kappa shape index (κ2) is 8.03. The maximum atomic E-state index is 12.2. The number of fused-ring (bicyclic) bond motifs is 1. The van der Waals surface area contributed by atoms with Gasteiger partial charge in [0.2, 0.25) is 0 Å². The smallest absolute Gasteiger partial charge is 0.340 e. The molecule has 0 radical (unpaired) electrons. The quantitative estimate of drug-likeness (QED) is 0.586. The van der Waals surface area contributed by atoms with Crippen molar-refractivity contribution < 1.29 is 14.3 Å². The molecule has 1 amide bonds. The Balaban J connectivity index is 1.57. The van der Waals surface area contributed by atoms with Crippen LogP contribution in [0, 0.1) is 0 Å². The number of hydrogen-bond donors (Lipinski definition) is 0. The van der Waals surface area contributed by atoms with Crippen molar-refractivity contribution >= 4 is 56.6 Å². The van der Waals surface area contributed by atoms with Crippen LogP contribution in [0.1, 0.15) is 15.4 Å². The molecule has 0 bridgehead atoms. The van der Waals surface area contributed by atoms with Crippen molar-refractivity contribution in [3.63, 3.8) is 0 Å². The van der Waals surface area contributed by atoms with Crippen molar-refractivity contribution in [2.45, 2.75) is 6.54 Å². The van der Waals surface area contributed by atoms with Gasteiger partial charge in [-0.05, 0) is 30.3 Å². The van der Waals surface area contributed by atoms with Crippen molar-refractivity contribution in [1.82, 2.24) is 9.88 Å². The Labute approximate surface area is 164 Å². The van der Waals surface area contributed by atoms with E-state index in [0.29, 0.717) is 11.6 Å². The standard InChI is InChI=1S/C18H14Cl2N2O3S/c1-22(9-16-21-14-4-2-3-5-15(14)26-16)17(23)10-25-18(24)12-7-6-11(19)8-13(12)20/h2-8H,9-10H2,1H3. The maximum Gasteiger partial charge on any atom is 0.340 e. The summed E-state index contributed by atoms with van der Waals surface area (Å²) in [6.07, 6.45) is 0. The number of para-hydroxylation sites is 1. The number of thiazole rings is 1. The molecule has 0 N–H and O–H groups in total. The molecule has 0 aliphatic rings. The largest absolute Gasteiger partial charge is 0.452 e. The van der Waals surface area contributed by atoms with Crippen LogP contribution in [-0.4, -0.2) is 35.4 Å². The number of aromatic nitrogens is 1. The van der Waals surface area contributed by atoms with Crippen LogP contribution < -0.4 is 0 Å². The first-order valence-corrected chi connectivity index (χ1v) is 9.22. The first-order valence-electron chi connectivity index (χ1n) is 7.64. The molecule has 0 spiro atoms. The molecule has 1 heterocycles. The van der Waals surface area contributed by atoms with Crippen molar-refractivity contribution in [3.8, 4) is 0 Å². The zero-order valence-corrected chi connectivity index (χ0v) is 16.1. The van der Waals surface area contributed by atoms with Gasteiger partial charge in [0.1, 0.15) is 5.01 Å². The molecule has 0 unspecified atom stereocenters. The molecule has 26 heavy (non-hydrogen) atoms. The van der Waals surface area contributed by atoms with E-state index in [1.54, 1.807) is 7.05 Å². The summed E-state index contributed by atoms with van der Waals surface area (Å²) in [5.41, 5.74) is 1.06. The number of rotatable bonds is 5. The SMILES string of the molecule is CN(Cc1nc2ccccc2s1)C(=O)COC(=O)c1ccc(Cl)cc1Cl. The van der Waals surface area contributed by atoms with E-state index in [1.165, 1.54) is 34.4 Å². The monoisotopic (exact) mass is 408 g/mol. The topological polar surface area (TPSA) is 59.5 Å². The predicted molar refractivity (Wildman–Crippen MR) is 103 cm³/mol. The third-order valence-corrected chi connectivity index (χ3v) is 5.18. The van der Waals surface area contributed by atoms with Crippen LogP contribution in [0.15, 0.2) is 42.5 Å². The van der Waals surface area contributed by atoms with E-state index < -0.39 is 5.97 Å². The Morgan fingerprint density at radius 1 is 1.19 bits per heavy atom. The second-order valence-electron chi connectivity index (χ2n) is 5.53. The minimum atomic E-state index is -0.673. The number of ether oxygens (including phenoxy) is 1. The summed E-state index contributed by atoms with van der Waals surface area (Å²) in [5, 5.41) is 1.41. The summed E-state index contributed by atoms with van der Waals surface area (Å²) in [6.45, 7) is -0.0311. The van der Waals surface area contributed by atoms with Gasteiger partial charge in [0, 0.05) is 12.1 Å². The number of esters is 1. The first-order chi connectivity index (χ1) is 12.4. The lowest BCUT2D eigenvalue weighted by atomic mass is 10.2. The predicted octanol–water partition coefficient (Wildman–Crippen LogP) is 4.42. The normalized spacial score (nSPS) is 10.7. The van der Waals surface area contributed by atoms with E-state index in [4.69, 9.17) is 27.9 Å². The van der Waals surface area contributed by atoms with Crippen molar-refractivity contribution in [2.24, 2.45) is 0 Å². The van der Waals surface area contributed by atoms with Gasteiger partial charge in [0.25, 0.3) is 5.91 Å². The van der Waals surface area contributed by atoms with E-state index in [0.717, 1.165) is 15.2 Å². The minimum Gasteiger partial charge on any atom is -0.452 e. The van der Waals surface area contributed by atoms with Crippen LogP contribution in [0.4, 0.5) is 0 Å². The second-order valence-corrected chi connectivity index (χ2v) is 7.48. The molecule has 2 aromatic carbocycles. The summed E-state index contributed by atoms with van der Waals surface area (Å²) < 4.78 is 6.12. The molecule has 0 fully saturated rings. The molecular formula is C18H14Cl2N2O3S. The fourth-order valence-corrected chi connectivity index (χ4v) is 3.76. The van der Waals surface area contributed by atoms with Gasteiger partial charge >= 0.3 is 5.97 Å². The first kappa shape index (κ1) is 18.6. The van der Waals surface area contributed by atoms with Gasteiger partial charge < -0.3 is 9.64 Å². The van der Waals surface area contributed by atoms with Crippen LogP contribution in [-0.2, 0) is 16.1 Å². The lowest BCUT2D eigenvalue weighted by Crippen LogP contribution is -2.30. The molecule has 134 valence electrons. The van der Waals surface area contributed by atoms with Crippen LogP contribution in [0.5, 0.6) is 0 Å². The van der Waals surface area contributed by atoms with E-state index >= 15 is 0 Å². The summed E-state index contributed by atoms with van der Waals surface area (Å²) in [4.78, 5) is 30.2. The number of carbonyl (C=O) groups is 2. The molecule has 1 aromatic heterocycles. The minimum absolute atomic E-state index is 0.165. The van der Waals surface area contributed by atoms with Crippen molar-refractivity contribution in [2.75, 3.05) is 13.7 Å². The Morgan fingerprint density at radius 3 is 2.69 bits per heavy atom.